The van der Waals surface area contributed by atoms with Gasteiger partial charge >= 0.3 is 0 Å². The second kappa shape index (κ2) is 6.54. The van der Waals surface area contributed by atoms with Crippen molar-refractivity contribution in [2.45, 2.75) is 46.5 Å². The van der Waals surface area contributed by atoms with Crippen molar-refractivity contribution < 1.29 is 0 Å². The van der Waals surface area contributed by atoms with Gasteiger partial charge in [0.2, 0.25) is 0 Å². The summed E-state index contributed by atoms with van der Waals surface area (Å²) in [5.41, 5.74) is 7.30. The fraction of sp³-hybridized carbons (Fsp3) is 0.318. The Labute approximate surface area is 139 Å². The molecule has 0 atom stereocenters. The molecule has 23 heavy (non-hydrogen) atoms. The molecule has 1 heteroatoms. The van der Waals surface area contributed by atoms with E-state index in [0.29, 0.717) is 0 Å². The minimum atomic E-state index is 0.775. The van der Waals surface area contributed by atoms with Crippen LogP contribution in [0, 0.1) is 5.41 Å². The summed E-state index contributed by atoms with van der Waals surface area (Å²) in [6.07, 6.45) is 6.37. The van der Waals surface area contributed by atoms with Crippen LogP contribution in [0.5, 0.6) is 0 Å². The number of unbranched alkanes of at least 4 members (excludes halogenated alkanes) is 1. The van der Waals surface area contributed by atoms with Crippen LogP contribution in [0.4, 0.5) is 0 Å². The lowest BCUT2D eigenvalue weighted by Crippen LogP contribution is -2.04. The topological polar surface area (TPSA) is 23.9 Å². The Morgan fingerprint density at radius 2 is 1.78 bits per heavy atom. The molecule has 1 nitrogen and oxygen atoms in total. The van der Waals surface area contributed by atoms with Crippen LogP contribution >= 0.6 is 0 Å². The van der Waals surface area contributed by atoms with Gasteiger partial charge in [-0.05, 0) is 72.7 Å². The molecule has 1 aliphatic carbocycles. The molecule has 3 rings (SSSR count). The number of benzene rings is 2. The van der Waals surface area contributed by atoms with E-state index in [9.17, 15) is 0 Å². The molecule has 1 N–H and O–H groups in total. The van der Waals surface area contributed by atoms with Crippen LogP contribution in [-0.2, 0) is 0 Å². The third kappa shape index (κ3) is 3.01. The van der Waals surface area contributed by atoms with E-state index in [4.69, 9.17) is 5.41 Å². The highest BCUT2D eigenvalue weighted by molar-refractivity contribution is 6.06. The van der Waals surface area contributed by atoms with E-state index >= 15 is 0 Å². The SMILES string of the molecule is CCCCC(=N)c1cc2ccccc2cc1C1=C(C)C(C)=CC1. The van der Waals surface area contributed by atoms with Gasteiger partial charge in [-0.1, -0.05) is 49.3 Å². The molecular weight excluding hydrogens is 278 g/mol. The minimum absolute atomic E-state index is 0.775. The lowest BCUT2D eigenvalue weighted by molar-refractivity contribution is 0.833. The lowest BCUT2D eigenvalue weighted by Gasteiger charge is -2.15. The van der Waals surface area contributed by atoms with Crippen molar-refractivity contribution in [2.75, 3.05) is 0 Å². The summed E-state index contributed by atoms with van der Waals surface area (Å²) in [6, 6.07) is 13.0. The molecule has 0 unspecified atom stereocenters. The van der Waals surface area contributed by atoms with Crippen LogP contribution < -0.4 is 0 Å². The minimum Gasteiger partial charge on any atom is -0.305 e. The van der Waals surface area contributed by atoms with Gasteiger partial charge in [0.1, 0.15) is 0 Å². The number of hydrogen-bond acceptors (Lipinski definition) is 1. The summed E-state index contributed by atoms with van der Waals surface area (Å²) < 4.78 is 0. The molecule has 0 amide bonds. The molecule has 0 bridgehead atoms. The molecule has 0 spiro atoms. The summed E-state index contributed by atoms with van der Waals surface area (Å²) in [7, 11) is 0. The van der Waals surface area contributed by atoms with Crippen LogP contribution in [0.25, 0.3) is 16.3 Å². The van der Waals surface area contributed by atoms with E-state index in [1.807, 2.05) is 0 Å². The molecule has 2 aromatic carbocycles. The average Bonchev–Trinajstić information content (AvgIpc) is 2.90. The second-order valence-electron chi connectivity index (χ2n) is 6.52. The van der Waals surface area contributed by atoms with Gasteiger partial charge in [0.05, 0.1) is 0 Å². The number of hydrogen-bond donors (Lipinski definition) is 1. The molecule has 2 aromatic rings. The Balaban J connectivity index is 2.16. The van der Waals surface area contributed by atoms with Gasteiger partial charge in [0, 0.05) is 11.3 Å². The Morgan fingerprint density at radius 3 is 2.39 bits per heavy atom. The maximum Gasteiger partial charge on any atom is 0.0392 e. The fourth-order valence-corrected chi connectivity index (χ4v) is 3.34. The zero-order chi connectivity index (χ0) is 16.4. The fourth-order valence-electron chi connectivity index (χ4n) is 3.34. The van der Waals surface area contributed by atoms with Crippen LogP contribution in [-0.4, -0.2) is 5.71 Å². The van der Waals surface area contributed by atoms with E-state index in [-0.39, 0.29) is 0 Å². The zero-order valence-corrected chi connectivity index (χ0v) is 14.4. The van der Waals surface area contributed by atoms with Gasteiger partial charge in [0.25, 0.3) is 0 Å². The Morgan fingerprint density at radius 1 is 1.09 bits per heavy atom. The molecule has 0 heterocycles. The van der Waals surface area contributed by atoms with Crippen LogP contribution in [0.2, 0.25) is 0 Å². The monoisotopic (exact) mass is 303 g/mol. The second-order valence-corrected chi connectivity index (χ2v) is 6.52. The van der Waals surface area contributed by atoms with E-state index in [1.165, 1.54) is 33.1 Å². The lowest BCUT2D eigenvalue weighted by atomic mass is 9.89. The van der Waals surface area contributed by atoms with Crippen molar-refractivity contribution in [3.8, 4) is 0 Å². The van der Waals surface area contributed by atoms with Gasteiger partial charge in [-0.3, -0.25) is 0 Å². The first kappa shape index (κ1) is 15.7. The molecule has 0 saturated carbocycles. The maximum atomic E-state index is 8.59. The summed E-state index contributed by atoms with van der Waals surface area (Å²) in [4.78, 5) is 0. The van der Waals surface area contributed by atoms with Crippen molar-refractivity contribution in [3.63, 3.8) is 0 Å². The zero-order valence-electron chi connectivity index (χ0n) is 14.4. The quantitative estimate of drug-likeness (QED) is 0.608. The molecule has 0 aliphatic heterocycles. The Kier molecular flexibility index (Phi) is 4.47. The standard InChI is InChI=1S/C22H25N/c1-4-5-10-22(23)21-14-18-9-7-6-8-17(18)13-20(21)19-12-11-15(2)16(19)3/h6-9,11,13-14,23H,4-5,10,12H2,1-3H3. The van der Waals surface area contributed by atoms with Gasteiger partial charge in [-0.2, -0.15) is 0 Å². The summed E-state index contributed by atoms with van der Waals surface area (Å²) in [5.74, 6) is 0. The first-order valence-electron chi connectivity index (χ1n) is 8.59. The number of allylic oxidation sites excluding steroid dienone is 4. The van der Waals surface area contributed by atoms with Gasteiger partial charge < -0.3 is 5.41 Å². The first-order chi connectivity index (χ1) is 11.1. The highest BCUT2D eigenvalue weighted by atomic mass is 14.4. The van der Waals surface area contributed by atoms with Crippen LogP contribution in [0.1, 0.15) is 57.6 Å². The molecule has 118 valence electrons. The predicted octanol–water partition coefficient (Wildman–Crippen LogP) is 6.52. The molecular formula is C22H25N. The number of fused-ring (bicyclic) bond motifs is 1. The highest BCUT2D eigenvalue weighted by Crippen LogP contribution is 2.37. The van der Waals surface area contributed by atoms with Crippen LogP contribution in [0.15, 0.2) is 53.6 Å². The highest BCUT2D eigenvalue weighted by Gasteiger charge is 2.18. The molecule has 1 aliphatic rings. The van der Waals surface area contributed by atoms with E-state index < -0.39 is 0 Å². The average molecular weight is 303 g/mol. The smallest absolute Gasteiger partial charge is 0.0392 e. The van der Waals surface area contributed by atoms with Gasteiger partial charge in [-0.15, -0.1) is 0 Å². The normalized spacial score (nSPS) is 14.5. The van der Waals surface area contributed by atoms with Gasteiger partial charge in [0.15, 0.2) is 0 Å². The van der Waals surface area contributed by atoms with Crippen molar-refractivity contribution >= 4 is 22.1 Å². The van der Waals surface area contributed by atoms with Crippen molar-refractivity contribution in [1.82, 2.24) is 0 Å². The number of rotatable bonds is 5. The van der Waals surface area contributed by atoms with E-state index in [1.54, 1.807) is 0 Å². The largest absolute Gasteiger partial charge is 0.305 e. The van der Waals surface area contributed by atoms with E-state index in [2.05, 4.69) is 63.2 Å². The molecule has 0 aromatic heterocycles. The number of nitrogens with one attached hydrogen (secondary N) is 1. The molecule has 0 fully saturated rings. The summed E-state index contributed by atoms with van der Waals surface area (Å²) >= 11 is 0. The van der Waals surface area contributed by atoms with Gasteiger partial charge in [-0.25, -0.2) is 0 Å². The predicted molar refractivity (Wildman–Crippen MR) is 101 cm³/mol. The Bertz CT molecular complexity index is 821. The first-order valence-corrected chi connectivity index (χ1v) is 8.59. The third-order valence-electron chi connectivity index (χ3n) is 4.97. The summed E-state index contributed by atoms with van der Waals surface area (Å²) in [6.45, 7) is 6.58. The van der Waals surface area contributed by atoms with Crippen molar-refractivity contribution in [3.05, 3.63) is 64.7 Å². The summed E-state index contributed by atoms with van der Waals surface area (Å²) in [5, 5.41) is 11.1. The Hall–Kier alpha value is -2.15. The van der Waals surface area contributed by atoms with Crippen molar-refractivity contribution in [2.24, 2.45) is 0 Å². The van der Waals surface area contributed by atoms with E-state index in [0.717, 1.165) is 37.0 Å². The maximum absolute atomic E-state index is 8.59. The van der Waals surface area contributed by atoms with Crippen LogP contribution in [0.3, 0.4) is 0 Å². The molecule has 0 radical (unpaired) electrons. The van der Waals surface area contributed by atoms with Crippen molar-refractivity contribution in [1.29, 1.82) is 5.41 Å². The third-order valence-corrected chi connectivity index (χ3v) is 4.97. The molecule has 0 saturated heterocycles.